The number of hydrogen-bond acceptors (Lipinski definition) is 2. The standard InChI is InChI=1S/C14H6F2N2/c15-13-5-11(8-18)12(6-14(13)16)10-3-1-2-9(4-10)7-17/h1-6H. The van der Waals surface area contributed by atoms with E-state index in [4.69, 9.17) is 10.5 Å². The van der Waals surface area contributed by atoms with Gasteiger partial charge in [0.25, 0.3) is 0 Å². The SMILES string of the molecule is N#Cc1cccc(-c2cc(F)c(F)cc2C#N)c1. The van der Waals surface area contributed by atoms with Crippen molar-refractivity contribution in [1.29, 1.82) is 10.5 Å². The van der Waals surface area contributed by atoms with Gasteiger partial charge < -0.3 is 0 Å². The van der Waals surface area contributed by atoms with Gasteiger partial charge in [-0.3, -0.25) is 0 Å². The third-order valence-electron chi connectivity index (χ3n) is 2.48. The Morgan fingerprint density at radius 1 is 0.889 bits per heavy atom. The average Bonchev–Trinajstić information content (AvgIpc) is 2.41. The third kappa shape index (κ3) is 2.05. The van der Waals surface area contributed by atoms with Crippen LogP contribution in [0, 0.1) is 34.3 Å². The quantitative estimate of drug-likeness (QED) is 0.767. The van der Waals surface area contributed by atoms with Gasteiger partial charge in [-0.1, -0.05) is 12.1 Å². The summed E-state index contributed by atoms with van der Waals surface area (Å²) in [5.41, 5.74) is 1.20. The van der Waals surface area contributed by atoms with Crippen LogP contribution in [0.3, 0.4) is 0 Å². The van der Waals surface area contributed by atoms with E-state index >= 15 is 0 Å². The van der Waals surface area contributed by atoms with Crippen LogP contribution in [0.25, 0.3) is 11.1 Å². The third-order valence-corrected chi connectivity index (χ3v) is 2.48. The molecule has 2 aromatic rings. The minimum absolute atomic E-state index is 0.0315. The van der Waals surface area contributed by atoms with Crippen LogP contribution in [0.2, 0.25) is 0 Å². The summed E-state index contributed by atoms with van der Waals surface area (Å²) in [6.45, 7) is 0. The molecule has 0 aliphatic carbocycles. The van der Waals surface area contributed by atoms with E-state index < -0.39 is 11.6 Å². The Morgan fingerprint density at radius 3 is 2.28 bits per heavy atom. The number of halogens is 2. The Bertz CT molecular complexity index is 694. The van der Waals surface area contributed by atoms with Crippen molar-refractivity contribution >= 4 is 0 Å². The predicted octanol–water partition coefficient (Wildman–Crippen LogP) is 3.38. The molecule has 0 aromatic heterocycles. The van der Waals surface area contributed by atoms with Gasteiger partial charge in [-0.15, -0.1) is 0 Å². The molecule has 0 atom stereocenters. The summed E-state index contributed by atoms with van der Waals surface area (Å²) in [5, 5.41) is 17.7. The molecule has 0 aliphatic rings. The summed E-state index contributed by atoms with van der Waals surface area (Å²) in [6, 6.07) is 11.9. The Morgan fingerprint density at radius 2 is 1.61 bits per heavy atom. The first-order valence-corrected chi connectivity index (χ1v) is 5.05. The van der Waals surface area contributed by atoms with Crippen LogP contribution < -0.4 is 0 Å². The lowest BCUT2D eigenvalue weighted by molar-refractivity contribution is 0.508. The number of nitriles is 2. The highest BCUT2D eigenvalue weighted by atomic mass is 19.2. The van der Waals surface area contributed by atoms with Crippen LogP contribution in [-0.4, -0.2) is 0 Å². The van der Waals surface area contributed by atoms with Gasteiger partial charge in [0, 0.05) is 5.56 Å². The van der Waals surface area contributed by atoms with Crippen LogP contribution in [0.4, 0.5) is 8.78 Å². The van der Waals surface area contributed by atoms with Crippen molar-refractivity contribution in [3.8, 4) is 23.3 Å². The molecule has 0 heterocycles. The van der Waals surface area contributed by atoms with E-state index in [0.717, 1.165) is 12.1 Å². The minimum Gasteiger partial charge on any atom is -0.204 e. The normalized spacial score (nSPS) is 9.56. The number of benzene rings is 2. The number of rotatable bonds is 1. The molecule has 2 aromatic carbocycles. The highest BCUT2D eigenvalue weighted by Gasteiger charge is 2.11. The van der Waals surface area contributed by atoms with E-state index in [-0.39, 0.29) is 11.1 Å². The van der Waals surface area contributed by atoms with E-state index in [1.165, 1.54) is 6.07 Å². The number of hydrogen-bond donors (Lipinski definition) is 0. The molecule has 0 saturated heterocycles. The van der Waals surface area contributed by atoms with Gasteiger partial charge in [0.2, 0.25) is 0 Å². The predicted molar refractivity (Wildman–Crippen MR) is 61.2 cm³/mol. The fraction of sp³-hybridized carbons (Fsp3) is 0. The highest BCUT2D eigenvalue weighted by molar-refractivity contribution is 5.71. The van der Waals surface area contributed by atoms with Crippen molar-refractivity contribution in [3.63, 3.8) is 0 Å². The zero-order valence-corrected chi connectivity index (χ0v) is 9.11. The second kappa shape index (κ2) is 4.65. The van der Waals surface area contributed by atoms with Crippen LogP contribution in [0.1, 0.15) is 11.1 Å². The number of nitrogens with zero attached hydrogens (tertiary/aromatic N) is 2. The van der Waals surface area contributed by atoms with Crippen LogP contribution in [0.15, 0.2) is 36.4 Å². The molecule has 0 bridgehead atoms. The van der Waals surface area contributed by atoms with Gasteiger partial charge in [-0.25, -0.2) is 8.78 Å². The minimum atomic E-state index is -1.06. The molecule has 18 heavy (non-hydrogen) atoms. The Balaban J connectivity index is 2.67. The molecule has 2 nitrogen and oxygen atoms in total. The zero-order chi connectivity index (χ0) is 13.1. The van der Waals surface area contributed by atoms with Crippen LogP contribution in [0.5, 0.6) is 0 Å². The van der Waals surface area contributed by atoms with Gasteiger partial charge >= 0.3 is 0 Å². The van der Waals surface area contributed by atoms with Crippen LogP contribution in [-0.2, 0) is 0 Å². The maximum Gasteiger partial charge on any atom is 0.160 e. The monoisotopic (exact) mass is 240 g/mol. The summed E-state index contributed by atoms with van der Waals surface area (Å²) in [7, 11) is 0. The van der Waals surface area contributed by atoms with Gasteiger partial charge in [0.1, 0.15) is 0 Å². The fourth-order valence-corrected chi connectivity index (χ4v) is 1.63. The van der Waals surface area contributed by atoms with Crippen molar-refractivity contribution in [2.75, 3.05) is 0 Å². The first-order chi connectivity index (χ1) is 8.65. The molecule has 0 fully saturated rings. The maximum atomic E-state index is 13.2. The van der Waals surface area contributed by atoms with Crippen molar-refractivity contribution in [2.24, 2.45) is 0 Å². The molecule has 0 unspecified atom stereocenters. The first-order valence-electron chi connectivity index (χ1n) is 5.05. The second-order valence-corrected chi connectivity index (χ2v) is 3.62. The van der Waals surface area contributed by atoms with E-state index in [2.05, 4.69) is 0 Å². The zero-order valence-electron chi connectivity index (χ0n) is 9.11. The Hall–Kier alpha value is -2.72. The maximum absolute atomic E-state index is 13.2. The molecule has 86 valence electrons. The van der Waals surface area contributed by atoms with Crippen molar-refractivity contribution < 1.29 is 8.78 Å². The summed E-state index contributed by atoms with van der Waals surface area (Å²) >= 11 is 0. The van der Waals surface area contributed by atoms with E-state index in [1.54, 1.807) is 18.2 Å². The first kappa shape index (κ1) is 11.8. The molecule has 4 heteroatoms. The van der Waals surface area contributed by atoms with Gasteiger partial charge in [0.05, 0.1) is 23.3 Å². The smallest absolute Gasteiger partial charge is 0.160 e. The molecule has 0 N–H and O–H groups in total. The lowest BCUT2D eigenvalue weighted by atomic mass is 9.98. The molecule has 0 radical (unpaired) electrons. The topological polar surface area (TPSA) is 47.6 Å². The fourth-order valence-electron chi connectivity index (χ4n) is 1.63. The molecular formula is C14H6F2N2. The lowest BCUT2D eigenvalue weighted by Crippen LogP contribution is -1.91. The molecule has 2 rings (SSSR count). The summed E-state index contributed by atoms with van der Waals surface area (Å²) in [4.78, 5) is 0. The largest absolute Gasteiger partial charge is 0.204 e. The molecule has 0 aliphatic heterocycles. The summed E-state index contributed by atoms with van der Waals surface area (Å²) in [5.74, 6) is -2.09. The Labute approximate surface area is 102 Å². The summed E-state index contributed by atoms with van der Waals surface area (Å²) in [6.07, 6.45) is 0. The molecule has 0 saturated carbocycles. The van der Waals surface area contributed by atoms with Crippen LogP contribution >= 0.6 is 0 Å². The van der Waals surface area contributed by atoms with E-state index in [0.29, 0.717) is 11.1 Å². The summed E-state index contributed by atoms with van der Waals surface area (Å²) < 4.78 is 26.2. The molecular weight excluding hydrogens is 234 g/mol. The second-order valence-electron chi connectivity index (χ2n) is 3.62. The average molecular weight is 240 g/mol. The van der Waals surface area contributed by atoms with E-state index in [1.807, 2.05) is 12.1 Å². The molecule has 0 amide bonds. The van der Waals surface area contributed by atoms with E-state index in [9.17, 15) is 8.78 Å². The van der Waals surface area contributed by atoms with Crippen molar-refractivity contribution in [3.05, 3.63) is 59.2 Å². The lowest BCUT2D eigenvalue weighted by Gasteiger charge is -2.05. The van der Waals surface area contributed by atoms with Gasteiger partial charge in [-0.2, -0.15) is 10.5 Å². The van der Waals surface area contributed by atoms with Gasteiger partial charge in [-0.05, 0) is 29.8 Å². The van der Waals surface area contributed by atoms with Gasteiger partial charge in [0.15, 0.2) is 11.6 Å². The highest BCUT2D eigenvalue weighted by Crippen LogP contribution is 2.26. The Kier molecular flexibility index (Phi) is 3.03. The van der Waals surface area contributed by atoms with Crippen molar-refractivity contribution in [1.82, 2.24) is 0 Å². The molecule has 0 spiro atoms. The van der Waals surface area contributed by atoms with Crippen molar-refractivity contribution in [2.45, 2.75) is 0 Å².